The van der Waals surface area contributed by atoms with Crippen molar-refractivity contribution < 1.29 is 9.53 Å². The van der Waals surface area contributed by atoms with E-state index in [9.17, 15) is 4.79 Å². The highest BCUT2D eigenvalue weighted by Crippen LogP contribution is 2.43. The van der Waals surface area contributed by atoms with Gasteiger partial charge in [0, 0.05) is 26.6 Å². The van der Waals surface area contributed by atoms with Crippen molar-refractivity contribution in [3.05, 3.63) is 0 Å². The molecule has 0 radical (unpaired) electrons. The number of hydrogen-bond donors (Lipinski definition) is 1. The Morgan fingerprint density at radius 3 is 2.30 bits per heavy atom. The van der Waals surface area contributed by atoms with Gasteiger partial charge in [-0.1, -0.05) is 20.8 Å². The molecule has 1 aliphatic heterocycles. The van der Waals surface area contributed by atoms with Crippen LogP contribution in [0.1, 0.15) is 52.9 Å². The van der Waals surface area contributed by atoms with E-state index in [-0.39, 0.29) is 17.6 Å². The van der Waals surface area contributed by atoms with E-state index in [1.165, 1.54) is 0 Å². The standard InChI is InChI=1S/C16H30N2O2/c1-15(2,3)12-5-8-16(11-17,9-6-12)20-13-7-10-18(4)14(13)19/h12-13H,5-11,17H2,1-4H3. The van der Waals surface area contributed by atoms with Crippen LogP contribution in [0.4, 0.5) is 0 Å². The zero-order valence-electron chi connectivity index (χ0n) is 13.4. The van der Waals surface area contributed by atoms with Gasteiger partial charge in [-0.2, -0.15) is 0 Å². The number of likely N-dealkylation sites (tertiary alicyclic amines) is 1. The van der Waals surface area contributed by atoms with Gasteiger partial charge in [-0.3, -0.25) is 4.79 Å². The zero-order valence-corrected chi connectivity index (χ0v) is 13.4. The molecule has 1 unspecified atom stereocenters. The van der Waals surface area contributed by atoms with E-state index < -0.39 is 0 Å². The lowest BCUT2D eigenvalue weighted by Gasteiger charge is -2.44. The van der Waals surface area contributed by atoms with Gasteiger partial charge in [0.2, 0.25) is 0 Å². The minimum atomic E-state index is -0.271. The molecule has 4 nitrogen and oxygen atoms in total. The molecule has 116 valence electrons. The predicted octanol–water partition coefficient (Wildman–Crippen LogP) is 2.17. The predicted molar refractivity (Wildman–Crippen MR) is 80.3 cm³/mol. The Morgan fingerprint density at radius 2 is 1.90 bits per heavy atom. The molecule has 2 rings (SSSR count). The smallest absolute Gasteiger partial charge is 0.251 e. The first-order valence-electron chi connectivity index (χ1n) is 7.90. The zero-order chi connectivity index (χ0) is 15.0. The largest absolute Gasteiger partial charge is 0.361 e. The van der Waals surface area contributed by atoms with E-state index in [1.54, 1.807) is 4.90 Å². The summed E-state index contributed by atoms with van der Waals surface area (Å²) in [7, 11) is 1.84. The summed E-state index contributed by atoms with van der Waals surface area (Å²) in [6.45, 7) is 8.25. The molecule has 0 aromatic carbocycles. The second-order valence-corrected chi connectivity index (χ2v) is 7.68. The number of rotatable bonds is 3. The van der Waals surface area contributed by atoms with Crippen LogP contribution in [0.5, 0.6) is 0 Å². The second-order valence-electron chi connectivity index (χ2n) is 7.68. The molecule has 2 aliphatic rings. The minimum Gasteiger partial charge on any atom is -0.361 e. The first-order chi connectivity index (χ1) is 9.27. The van der Waals surface area contributed by atoms with Crippen molar-refractivity contribution in [2.75, 3.05) is 20.1 Å². The van der Waals surface area contributed by atoms with E-state index in [0.717, 1.165) is 44.6 Å². The molecule has 20 heavy (non-hydrogen) atoms. The van der Waals surface area contributed by atoms with Gasteiger partial charge >= 0.3 is 0 Å². The average Bonchev–Trinajstić information content (AvgIpc) is 2.70. The van der Waals surface area contributed by atoms with Gasteiger partial charge in [-0.25, -0.2) is 0 Å². The van der Waals surface area contributed by atoms with E-state index in [1.807, 2.05) is 7.05 Å². The third kappa shape index (κ3) is 3.17. The highest BCUT2D eigenvalue weighted by molar-refractivity contribution is 5.82. The first-order valence-corrected chi connectivity index (χ1v) is 7.90. The first kappa shape index (κ1) is 15.8. The van der Waals surface area contributed by atoms with Gasteiger partial charge in [-0.15, -0.1) is 0 Å². The number of nitrogens with two attached hydrogens (primary N) is 1. The van der Waals surface area contributed by atoms with Crippen LogP contribution in [0.2, 0.25) is 0 Å². The molecule has 1 saturated carbocycles. The molecule has 1 heterocycles. The summed E-state index contributed by atoms with van der Waals surface area (Å²) in [5.41, 5.74) is 6.08. The van der Waals surface area contributed by atoms with Gasteiger partial charge in [-0.05, 0) is 37.0 Å². The minimum absolute atomic E-state index is 0.121. The van der Waals surface area contributed by atoms with Crippen LogP contribution < -0.4 is 5.73 Å². The molecule has 0 spiro atoms. The average molecular weight is 282 g/mol. The van der Waals surface area contributed by atoms with Gasteiger partial charge in [0.1, 0.15) is 6.10 Å². The highest BCUT2D eigenvalue weighted by atomic mass is 16.5. The SMILES string of the molecule is CN1CCC(OC2(CN)CCC(C(C)(C)C)CC2)C1=O. The number of likely N-dealkylation sites (N-methyl/N-ethyl adjacent to an activating group) is 1. The van der Waals surface area contributed by atoms with Gasteiger partial charge < -0.3 is 15.4 Å². The van der Waals surface area contributed by atoms with E-state index in [4.69, 9.17) is 10.5 Å². The Balaban J connectivity index is 1.97. The molecule has 0 aromatic heterocycles. The summed E-state index contributed by atoms with van der Waals surface area (Å²) in [5.74, 6) is 0.850. The van der Waals surface area contributed by atoms with Crippen molar-refractivity contribution in [1.29, 1.82) is 0 Å². The molecule has 4 heteroatoms. The molecular weight excluding hydrogens is 252 g/mol. The number of amides is 1. The Bertz CT molecular complexity index is 354. The molecule has 0 aromatic rings. The molecule has 1 amide bonds. The molecule has 2 fully saturated rings. The Kier molecular flexibility index (Phi) is 4.45. The maximum Gasteiger partial charge on any atom is 0.251 e. The third-order valence-corrected chi connectivity index (χ3v) is 5.26. The summed E-state index contributed by atoms with van der Waals surface area (Å²) < 4.78 is 6.22. The quantitative estimate of drug-likeness (QED) is 0.863. The second kappa shape index (κ2) is 5.64. The lowest BCUT2D eigenvalue weighted by Crippen LogP contribution is -2.48. The topological polar surface area (TPSA) is 55.6 Å². The van der Waals surface area contributed by atoms with Crippen molar-refractivity contribution in [2.24, 2.45) is 17.1 Å². The summed E-state index contributed by atoms with van der Waals surface area (Å²) in [4.78, 5) is 13.8. The molecule has 1 aliphatic carbocycles. The van der Waals surface area contributed by atoms with Gasteiger partial charge in [0.15, 0.2) is 0 Å². The van der Waals surface area contributed by atoms with Crippen LogP contribution in [0.3, 0.4) is 0 Å². The summed E-state index contributed by atoms with van der Waals surface area (Å²) in [6, 6.07) is 0. The normalized spacial score (nSPS) is 35.6. The third-order valence-electron chi connectivity index (χ3n) is 5.26. The maximum absolute atomic E-state index is 12.0. The molecule has 2 N–H and O–H groups in total. The molecule has 1 saturated heterocycles. The lowest BCUT2D eigenvalue weighted by molar-refractivity contribution is -0.154. The number of nitrogens with zero attached hydrogens (tertiary/aromatic N) is 1. The van der Waals surface area contributed by atoms with Crippen LogP contribution >= 0.6 is 0 Å². The molecule has 1 atom stereocenters. The monoisotopic (exact) mass is 282 g/mol. The van der Waals surface area contributed by atoms with Crippen LogP contribution in [-0.2, 0) is 9.53 Å². The number of ether oxygens (including phenoxy) is 1. The molecule has 0 bridgehead atoms. The van der Waals surface area contributed by atoms with Gasteiger partial charge in [0.25, 0.3) is 5.91 Å². The van der Waals surface area contributed by atoms with Crippen molar-refractivity contribution in [3.8, 4) is 0 Å². The van der Waals surface area contributed by atoms with Crippen LogP contribution in [0, 0.1) is 11.3 Å². The lowest BCUT2D eigenvalue weighted by atomic mass is 9.68. The fourth-order valence-corrected chi connectivity index (χ4v) is 3.58. The van der Waals surface area contributed by atoms with E-state index >= 15 is 0 Å². The summed E-state index contributed by atoms with van der Waals surface area (Å²) in [6.07, 6.45) is 4.81. The molecular formula is C16H30N2O2. The van der Waals surface area contributed by atoms with Gasteiger partial charge in [0.05, 0.1) is 5.60 Å². The fraction of sp³-hybridized carbons (Fsp3) is 0.938. The Morgan fingerprint density at radius 1 is 1.30 bits per heavy atom. The van der Waals surface area contributed by atoms with Crippen molar-refractivity contribution in [1.82, 2.24) is 4.90 Å². The maximum atomic E-state index is 12.0. The van der Waals surface area contributed by atoms with E-state index in [2.05, 4.69) is 20.8 Å². The number of carbonyl (C=O) groups excluding carboxylic acids is 1. The van der Waals surface area contributed by atoms with Crippen molar-refractivity contribution in [3.63, 3.8) is 0 Å². The number of carbonyl (C=O) groups is 1. The Labute approximate surface area is 123 Å². The highest BCUT2D eigenvalue weighted by Gasteiger charge is 2.43. The summed E-state index contributed by atoms with van der Waals surface area (Å²) >= 11 is 0. The number of hydrogen-bond acceptors (Lipinski definition) is 3. The van der Waals surface area contributed by atoms with Crippen LogP contribution in [0.15, 0.2) is 0 Å². The fourth-order valence-electron chi connectivity index (χ4n) is 3.58. The van der Waals surface area contributed by atoms with Crippen molar-refractivity contribution >= 4 is 5.91 Å². The Hall–Kier alpha value is -0.610. The summed E-state index contributed by atoms with van der Waals surface area (Å²) in [5, 5.41) is 0. The van der Waals surface area contributed by atoms with Crippen LogP contribution in [-0.4, -0.2) is 42.6 Å². The van der Waals surface area contributed by atoms with Crippen molar-refractivity contribution in [2.45, 2.75) is 64.6 Å². The van der Waals surface area contributed by atoms with Crippen LogP contribution in [0.25, 0.3) is 0 Å². The van der Waals surface area contributed by atoms with E-state index in [0.29, 0.717) is 12.0 Å².